The maximum Gasteiger partial charge on any atom is 0.230 e. The molecular formula is C10H13ClN2OS. The van der Waals surface area contributed by atoms with E-state index in [1.54, 1.807) is 18.2 Å². The number of primary amides is 1. The smallest absolute Gasteiger partial charge is 0.230 e. The van der Waals surface area contributed by atoms with Gasteiger partial charge in [-0.1, -0.05) is 18.5 Å². The molecule has 0 heterocycles. The quantitative estimate of drug-likeness (QED) is 0.631. The van der Waals surface area contributed by atoms with Crippen molar-refractivity contribution in [2.24, 2.45) is 5.73 Å². The van der Waals surface area contributed by atoms with E-state index in [4.69, 9.17) is 23.1 Å². The summed E-state index contributed by atoms with van der Waals surface area (Å²) < 4.78 is 0. The van der Waals surface area contributed by atoms with Crippen molar-refractivity contribution in [3.05, 3.63) is 23.2 Å². The highest BCUT2D eigenvalue weighted by atomic mass is 35.5. The van der Waals surface area contributed by atoms with Gasteiger partial charge in [-0.2, -0.15) is 0 Å². The van der Waals surface area contributed by atoms with Crippen LogP contribution in [0.2, 0.25) is 5.02 Å². The Kier molecular flexibility index (Phi) is 4.29. The molecule has 1 rings (SSSR count). The van der Waals surface area contributed by atoms with E-state index in [0.29, 0.717) is 17.1 Å². The van der Waals surface area contributed by atoms with Crippen LogP contribution in [0.5, 0.6) is 0 Å². The summed E-state index contributed by atoms with van der Waals surface area (Å²) in [4.78, 5) is 11.9. The lowest BCUT2D eigenvalue weighted by Gasteiger charge is -2.12. The summed E-state index contributed by atoms with van der Waals surface area (Å²) in [6.07, 6.45) is 0.673. The molecule has 0 aromatic heterocycles. The summed E-state index contributed by atoms with van der Waals surface area (Å²) in [5.41, 5.74) is 11.6. The number of carbonyl (C=O) groups is 1. The molecule has 0 fully saturated rings. The van der Waals surface area contributed by atoms with E-state index in [-0.39, 0.29) is 11.2 Å². The second-order valence-corrected chi connectivity index (χ2v) is 4.78. The van der Waals surface area contributed by atoms with Gasteiger partial charge in [0.25, 0.3) is 0 Å². The van der Waals surface area contributed by atoms with Crippen LogP contribution >= 0.6 is 23.4 Å². The number of carbonyl (C=O) groups excluding carboxylic acids is 1. The van der Waals surface area contributed by atoms with E-state index in [1.807, 2.05) is 6.92 Å². The molecule has 0 saturated carbocycles. The Hall–Kier alpha value is -0.870. The predicted molar refractivity (Wildman–Crippen MR) is 65.0 cm³/mol. The third kappa shape index (κ3) is 3.32. The van der Waals surface area contributed by atoms with Crippen molar-refractivity contribution >= 4 is 35.0 Å². The van der Waals surface area contributed by atoms with Gasteiger partial charge < -0.3 is 11.5 Å². The fourth-order valence-electron chi connectivity index (χ4n) is 1.11. The third-order valence-corrected chi connectivity index (χ3v) is 3.63. The first-order valence-electron chi connectivity index (χ1n) is 4.55. The molecule has 0 bridgehead atoms. The summed E-state index contributed by atoms with van der Waals surface area (Å²) >= 11 is 7.19. The maximum atomic E-state index is 11.1. The molecule has 0 aliphatic heterocycles. The molecule has 0 aliphatic carbocycles. The Bertz CT molecular complexity index is 370. The molecule has 3 nitrogen and oxygen atoms in total. The number of hydrogen-bond donors (Lipinski definition) is 2. The van der Waals surface area contributed by atoms with Crippen molar-refractivity contribution in [1.29, 1.82) is 0 Å². The molecule has 0 spiro atoms. The van der Waals surface area contributed by atoms with Gasteiger partial charge in [0.15, 0.2) is 0 Å². The molecule has 0 radical (unpaired) electrons. The van der Waals surface area contributed by atoms with Crippen molar-refractivity contribution in [2.75, 3.05) is 5.73 Å². The number of hydrogen-bond acceptors (Lipinski definition) is 3. The highest BCUT2D eigenvalue weighted by molar-refractivity contribution is 8.00. The van der Waals surface area contributed by atoms with E-state index in [0.717, 1.165) is 4.90 Å². The van der Waals surface area contributed by atoms with Crippen LogP contribution < -0.4 is 11.5 Å². The average molecular weight is 245 g/mol. The van der Waals surface area contributed by atoms with Crippen molar-refractivity contribution in [2.45, 2.75) is 23.5 Å². The van der Waals surface area contributed by atoms with Gasteiger partial charge in [0.05, 0.1) is 5.25 Å². The molecule has 1 aromatic carbocycles. The number of halogens is 1. The number of thioether (sulfide) groups is 1. The Balaban J connectivity index is 2.87. The molecule has 1 atom stereocenters. The molecule has 4 N–H and O–H groups in total. The number of nitrogens with two attached hydrogens (primary N) is 2. The monoisotopic (exact) mass is 244 g/mol. The second kappa shape index (κ2) is 5.28. The number of nitrogen functional groups attached to an aromatic ring is 1. The van der Waals surface area contributed by atoms with Gasteiger partial charge in [0.2, 0.25) is 5.91 Å². The number of rotatable bonds is 4. The predicted octanol–water partition coefficient (Wildman–Crippen LogP) is 2.28. The van der Waals surface area contributed by atoms with E-state index in [2.05, 4.69) is 0 Å². The van der Waals surface area contributed by atoms with Gasteiger partial charge in [-0.05, 0) is 24.6 Å². The molecule has 82 valence electrons. The minimum Gasteiger partial charge on any atom is -0.398 e. The lowest BCUT2D eigenvalue weighted by Crippen LogP contribution is -2.24. The van der Waals surface area contributed by atoms with E-state index >= 15 is 0 Å². The van der Waals surface area contributed by atoms with Crippen LogP contribution in [0.3, 0.4) is 0 Å². The highest BCUT2D eigenvalue weighted by Gasteiger charge is 2.15. The zero-order valence-electron chi connectivity index (χ0n) is 8.37. The van der Waals surface area contributed by atoms with Crippen molar-refractivity contribution < 1.29 is 4.79 Å². The first kappa shape index (κ1) is 12.2. The Morgan fingerprint density at radius 1 is 1.60 bits per heavy atom. The summed E-state index contributed by atoms with van der Waals surface area (Å²) in [5.74, 6) is -0.332. The normalized spacial score (nSPS) is 12.4. The molecular weight excluding hydrogens is 232 g/mol. The van der Waals surface area contributed by atoms with E-state index in [9.17, 15) is 4.79 Å². The Morgan fingerprint density at radius 2 is 2.27 bits per heavy atom. The van der Waals surface area contributed by atoms with Crippen molar-refractivity contribution in [1.82, 2.24) is 0 Å². The number of amides is 1. The van der Waals surface area contributed by atoms with Gasteiger partial charge in [0, 0.05) is 15.6 Å². The van der Waals surface area contributed by atoms with Gasteiger partial charge in [-0.3, -0.25) is 4.79 Å². The van der Waals surface area contributed by atoms with Crippen LogP contribution in [-0.2, 0) is 4.79 Å². The van der Waals surface area contributed by atoms with Gasteiger partial charge in [-0.25, -0.2) is 0 Å². The third-order valence-electron chi connectivity index (χ3n) is 1.93. The molecule has 1 aromatic rings. The summed E-state index contributed by atoms with van der Waals surface area (Å²) in [6, 6.07) is 5.18. The van der Waals surface area contributed by atoms with E-state index in [1.165, 1.54) is 11.8 Å². The lowest BCUT2D eigenvalue weighted by atomic mass is 10.3. The van der Waals surface area contributed by atoms with Crippen LogP contribution in [0.25, 0.3) is 0 Å². The van der Waals surface area contributed by atoms with Crippen LogP contribution in [0.4, 0.5) is 5.69 Å². The number of anilines is 1. The fourth-order valence-corrected chi connectivity index (χ4v) is 2.33. The Labute approximate surface area is 98.2 Å². The molecule has 15 heavy (non-hydrogen) atoms. The SMILES string of the molecule is CCC(Sc1cc(Cl)ccc1N)C(N)=O. The molecule has 5 heteroatoms. The fraction of sp³-hybridized carbons (Fsp3) is 0.300. The van der Waals surface area contributed by atoms with Crippen LogP contribution in [0.1, 0.15) is 13.3 Å². The van der Waals surface area contributed by atoms with Gasteiger partial charge in [-0.15, -0.1) is 11.8 Å². The highest BCUT2D eigenvalue weighted by Crippen LogP contribution is 2.32. The largest absolute Gasteiger partial charge is 0.398 e. The van der Waals surface area contributed by atoms with Crippen LogP contribution in [-0.4, -0.2) is 11.2 Å². The first-order valence-corrected chi connectivity index (χ1v) is 5.81. The van der Waals surface area contributed by atoms with Crippen molar-refractivity contribution in [3.63, 3.8) is 0 Å². The zero-order valence-corrected chi connectivity index (χ0v) is 9.94. The topological polar surface area (TPSA) is 69.1 Å². The summed E-state index contributed by atoms with van der Waals surface area (Å²) in [7, 11) is 0. The Morgan fingerprint density at radius 3 is 2.80 bits per heavy atom. The van der Waals surface area contributed by atoms with Gasteiger partial charge >= 0.3 is 0 Å². The van der Waals surface area contributed by atoms with Crippen LogP contribution in [0.15, 0.2) is 23.1 Å². The zero-order chi connectivity index (χ0) is 11.4. The molecule has 0 saturated heterocycles. The summed E-state index contributed by atoms with van der Waals surface area (Å²) in [5, 5.41) is 0.344. The molecule has 1 amide bonds. The van der Waals surface area contributed by atoms with Crippen LogP contribution in [0, 0.1) is 0 Å². The maximum absolute atomic E-state index is 11.1. The minimum atomic E-state index is -0.332. The summed E-state index contributed by atoms with van der Waals surface area (Å²) in [6.45, 7) is 1.91. The minimum absolute atomic E-state index is 0.259. The first-order chi connectivity index (χ1) is 7.04. The lowest BCUT2D eigenvalue weighted by molar-refractivity contribution is -0.117. The number of benzene rings is 1. The molecule has 0 aliphatic rings. The standard InChI is InChI=1S/C10H13ClN2OS/c1-2-8(10(13)14)15-9-5-6(11)3-4-7(9)12/h3-5,8H,2,12H2,1H3,(H2,13,14). The molecule has 1 unspecified atom stereocenters. The second-order valence-electron chi connectivity index (χ2n) is 3.10. The van der Waals surface area contributed by atoms with E-state index < -0.39 is 0 Å². The average Bonchev–Trinajstić information content (AvgIpc) is 2.18. The van der Waals surface area contributed by atoms with Crippen molar-refractivity contribution in [3.8, 4) is 0 Å². The van der Waals surface area contributed by atoms with Gasteiger partial charge in [0.1, 0.15) is 0 Å².